The van der Waals surface area contributed by atoms with Gasteiger partial charge < -0.3 is 5.32 Å². The molecule has 0 aromatic heterocycles. The van der Waals surface area contributed by atoms with E-state index in [1.165, 1.54) is 4.90 Å². The van der Waals surface area contributed by atoms with E-state index in [4.69, 9.17) is 11.6 Å². The number of hydrogen-bond acceptors (Lipinski definition) is 2. The molecule has 0 unspecified atom stereocenters. The summed E-state index contributed by atoms with van der Waals surface area (Å²) in [6.45, 7) is 4.37. The molecule has 70 valence electrons. The highest BCUT2D eigenvalue weighted by Gasteiger charge is 2.25. The van der Waals surface area contributed by atoms with Gasteiger partial charge in [0.15, 0.2) is 0 Å². The Kier molecular flexibility index (Phi) is 2.20. The van der Waals surface area contributed by atoms with E-state index in [1.54, 1.807) is 0 Å². The van der Waals surface area contributed by atoms with Gasteiger partial charge in [-0.05, 0) is 26.0 Å². The third-order valence-electron chi connectivity index (χ3n) is 2.03. The number of hydrogen-bond donors (Lipinski definition) is 1. The van der Waals surface area contributed by atoms with E-state index in [9.17, 15) is 0 Å². The smallest absolute Gasteiger partial charge is 0.0672 e. The quantitative estimate of drug-likeness (QED) is 0.706. The Morgan fingerprint density at radius 1 is 1.46 bits per heavy atom. The summed E-state index contributed by atoms with van der Waals surface area (Å²) >= 11 is 7.96. The van der Waals surface area contributed by atoms with Crippen molar-refractivity contribution in [1.82, 2.24) is 0 Å². The lowest BCUT2D eigenvalue weighted by Crippen LogP contribution is -2.36. The van der Waals surface area contributed by atoms with Gasteiger partial charge in [0.25, 0.3) is 0 Å². The SMILES string of the molecule is CC1(C)CSc2cccc(Cl)c2N1. The van der Waals surface area contributed by atoms with Crippen molar-refractivity contribution in [3.63, 3.8) is 0 Å². The highest BCUT2D eigenvalue weighted by Crippen LogP contribution is 2.40. The number of anilines is 1. The highest BCUT2D eigenvalue weighted by molar-refractivity contribution is 7.99. The van der Waals surface area contributed by atoms with Gasteiger partial charge in [0.2, 0.25) is 0 Å². The molecule has 0 fully saturated rings. The predicted octanol–water partition coefficient (Wildman–Crippen LogP) is 3.64. The molecule has 1 aromatic rings. The van der Waals surface area contributed by atoms with Crippen molar-refractivity contribution in [3.8, 4) is 0 Å². The lowest BCUT2D eigenvalue weighted by molar-refractivity contribution is 0.637. The van der Waals surface area contributed by atoms with Crippen LogP contribution in [0.2, 0.25) is 5.02 Å². The second-order valence-corrected chi connectivity index (χ2v) is 5.33. The lowest BCUT2D eigenvalue weighted by Gasteiger charge is -2.33. The molecular formula is C10H12ClNS. The number of benzene rings is 1. The van der Waals surface area contributed by atoms with Crippen molar-refractivity contribution in [2.75, 3.05) is 11.1 Å². The average Bonchev–Trinajstić information content (AvgIpc) is 2.06. The molecule has 0 amide bonds. The maximum atomic E-state index is 6.09. The number of thioether (sulfide) groups is 1. The van der Waals surface area contributed by atoms with Crippen LogP contribution in [0.3, 0.4) is 0 Å². The highest BCUT2D eigenvalue weighted by atomic mass is 35.5. The van der Waals surface area contributed by atoms with Gasteiger partial charge in [0.1, 0.15) is 0 Å². The minimum Gasteiger partial charge on any atom is -0.377 e. The van der Waals surface area contributed by atoms with Crippen LogP contribution in [0.4, 0.5) is 5.69 Å². The molecule has 3 heteroatoms. The van der Waals surface area contributed by atoms with Gasteiger partial charge in [-0.3, -0.25) is 0 Å². The molecule has 1 aromatic carbocycles. The summed E-state index contributed by atoms with van der Waals surface area (Å²) in [6.07, 6.45) is 0. The molecule has 1 nitrogen and oxygen atoms in total. The molecular weight excluding hydrogens is 202 g/mol. The van der Waals surface area contributed by atoms with E-state index >= 15 is 0 Å². The zero-order valence-corrected chi connectivity index (χ0v) is 9.30. The summed E-state index contributed by atoms with van der Waals surface area (Å²) in [4.78, 5) is 1.26. The fraction of sp³-hybridized carbons (Fsp3) is 0.400. The van der Waals surface area contributed by atoms with Gasteiger partial charge in [-0.2, -0.15) is 0 Å². The molecule has 13 heavy (non-hydrogen) atoms. The first-order valence-electron chi connectivity index (χ1n) is 4.28. The van der Waals surface area contributed by atoms with Gasteiger partial charge in [-0.15, -0.1) is 11.8 Å². The number of rotatable bonds is 0. The fourth-order valence-corrected chi connectivity index (χ4v) is 2.73. The maximum Gasteiger partial charge on any atom is 0.0672 e. The number of fused-ring (bicyclic) bond motifs is 1. The summed E-state index contributed by atoms with van der Waals surface area (Å²) in [7, 11) is 0. The normalized spacial score (nSPS) is 19.0. The zero-order valence-electron chi connectivity index (χ0n) is 7.73. The van der Waals surface area contributed by atoms with Crippen LogP contribution in [-0.4, -0.2) is 11.3 Å². The molecule has 0 radical (unpaired) electrons. The predicted molar refractivity (Wildman–Crippen MR) is 59.9 cm³/mol. The Labute approximate surface area is 87.9 Å². The van der Waals surface area contributed by atoms with Gasteiger partial charge in [-0.25, -0.2) is 0 Å². The summed E-state index contributed by atoms with van der Waals surface area (Å²) in [5, 5.41) is 4.27. The first-order valence-corrected chi connectivity index (χ1v) is 5.64. The van der Waals surface area contributed by atoms with Crippen LogP contribution in [-0.2, 0) is 0 Å². The molecule has 2 rings (SSSR count). The van der Waals surface area contributed by atoms with Crippen molar-refractivity contribution in [1.29, 1.82) is 0 Å². The van der Waals surface area contributed by atoms with Crippen LogP contribution in [0.5, 0.6) is 0 Å². The summed E-state index contributed by atoms with van der Waals surface area (Å²) in [5.74, 6) is 1.08. The molecule has 0 atom stereocenters. The number of nitrogens with one attached hydrogen (secondary N) is 1. The Balaban J connectivity index is 2.44. The van der Waals surface area contributed by atoms with E-state index in [-0.39, 0.29) is 5.54 Å². The third-order valence-corrected chi connectivity index (χ3v) is 3.86. The first kappa shape index (κ1) is 9.22. The average molecular weight is 214 g/mol. The molecule has 1 aliphatic rings. The topological polar surface area (TPSA) is 12.0 Å². The Hall–Kier alpha value is -0.340. The molecule has 0 spiro atoms. The minimum atomic E-state index is 0.142. The molecule has 0 saturated heterocycles. The Bertz CT molecular complexity index is 336. The van der Waals surface area contributed by atoms with Crippen molar-refractivity contribution < 1.29 is 0 Å². The molecule has 0 aliphatic carbocycles. The number of para-hydroxylation sites is 1. The fourth-order valence-electron chi connectivity index (χ4n) is 1.38. The summed E-state index contributed by atoms with van der Waals surface area (Å²) in [6, 6.07) is 6.03. The van der Waals surface area contributed by atoms with Crippen LogP contribution in [0.25, 0.3) is 0 Å². The van der Waals surface area contributed by atoms with Crippen molar-refractivity contribution in [3.05, 3.63) is 23.2 Å². The van der Waals surface area contributed by atoms with Crippen LogP contribution in [0.15, 0.2) is 23.1 Å². The summed E-state index contributed by atoms with van der Waals surface area (Å²) < 4.78 is 0. The maximum absolute atomic E-state index is 6.09. The zero-order chi connectivity index (χ0) is 9.47. The molecule has 1 heterocycles. The Morgan fingerprint density at radius 3 is 3.00 bits per heavy atom. The summed E-state index contributed by atoms with van der Waals surface area (Å²) in [5.41, 5.74) is 1.23. The monoisotopic (exact) mass is 213 g/mol. The number of halogens is 1. The van der Waals surface area contributed by atoms with Gasteiger partial charge in [0.05, 0.1) is 10.7 Å². The molecule has 0 saturated carbocycles. The van der Waals surface area contributed by atoms with Gasteiger partial charge in [-0.1, -0.05) is 17.7 Å². The van der Waals surface area contributed by atoms with Crippen LogP contribution in [0.1, 0.15) is 13.8 Å². The van der Waals surface area contributed by atoms with E-state index < -0.39 is 0 Å². The second-order valence-electron chi connectivity index (χ2n) is 3.91. The molecule has 1 N–H and O–H groups in total. The van der Waals surface area contributed by atoms with E-state index in [0.29, 0.717) is 0 Å². The van der Waals surface area contributed by atoms with Crippen molar-refractivity contribution in [2.24, 2.45) is 0 Å². The lowest BCUT2D eigenvalue weighted by atomic mass is 10.1. The second kappa shape index (κ2) is 3.10. The standard InChI is InChI=1S/C10H12ClNS/c1-10(2)6-13-8-5-3-4-7(11)9(8)12-10/h3-5,12H,6H2,1-2H3. The molecule has 1 aliphatic heterocycles. The van der Waals surface area contributed by atoms with Crippen LogP contribution in [0, 0.1) is 0 Å². The van der Waals surface area contributed by atoms with Crippen molar-refractivity contribution >= 4 is 29.1 Å². The van der Waals surface area contributed by atoms with E-state index in [2.05, 4.69) is 25.2 Å². The van der Waals surface area contributed by atoms with Gasteiger partial charge in [0, 0.05) is 16.2 Å². The van der Waals surface area contributed by atoms with Crippen LogP contribution < -0.4 is 5.32 Å². The Morgan fingerprint density at radius 2 is 2.23 bits per heavy atom. The molecule has 0 bridgehead atoms. The first-order chi connectivity index (χ1) is 6.08. The van der Waals surface area contributed by atoms with E-state index in [1.807, 2.05) is 23.9 Å². The minimum absolute atomic E-state index is 0.142. The third kappa shape index (κ3) is 1.79. The van der Waals surface area contributed by atoms with Crippen LogP contribution >= 0.6 is 23.4 Å². The van der Waals surface area contributed by atoms with E-state index in [0.717, 1.165) is 16.5 Å². The van der Waals surface area contributed by atoms with Gasteiger partial charge >= 0.3 is 0 Å². The largest absolute Gasteiger partial charge is 0.377 e. The van der Waals surface area contributed by atoms with Crippen molar-refractivity contribution in [2.45, 2.75) is 24.3 Å².